The first-order valence-electron chi connectivity index (χ1n) is 9.40. The fraction of sp³-hybridized carbons (Fsp3) is 1.00. The summed E-state index contributed by atoms with van der Waals surface area (Å²) in [4.78, 5) is 0. The molecule has 0 radical (unpaired) electrons. The molecule has 2 fully saturated rings. The molecule has 8 heteroatoms. The first-order valence-corrected chi connectivity index (χ1v) is 13.0. The Bertz CT molecular complexity index is 547. The Morgan fingerprint density at radius 3 is 1.28 bits per heavy atom. The van der Waals surface area contributed by atoms with Gasteiger partial charge < -0.3 is 0 Å². The highest BCUT2D eigenvalue weighted by Gasteiger charge is 2.35. The molecule has 0 saturated heterocycles. The minimum atomic E-state index is -3.60. The van der Waals surface area contributed by atoms with E-state index in [0.29, 0.717) is 6.42 Å². The van der Waals surface area contributed by atoms with E-state index in [0.717, 1.165) is 76.7 Å². The molecule has 2 aliphatic carbocycles. The molecule has 0 aliphatic heterocycles. The minimum absolute atomic E-state index is 0.151. The molecule has 0 amide bonds. The Balaban J connectivity index is 2.16. The Hall–Kier alpha value is -0.180. The molecule has 0 unspecified atom stereocenters. The van der Waals surface area contributed by atoms with E-state index >= 15 is 0 Å². The lowest BCUT2D eigenvalue weighted by Gasteiger charge is -2.35. The van der Waals surface area contributed by atoms with Crippen molar-refractivity contribution in [2.24, 2.45) is 11.8 Å². The lowest BCUT2D eigenvalue weighted by molar-refractivity contribution is 0.0325. The summed E-state index contributed by atoms with van der Waals surface area (Å²) in [5, 5.41) is 0. The highest BCUT2D eigenvalue weighted by atomic mass is 32.2. The molecule has 0 spiro atoms. The van der Waals surface area contributed by atoms with Gasteiger partial charge in [0.15, 0.2) is 0 Å². The van der Waals surface area contributed by atoms with Crippen LogP contribution in [0.1, 0.15) is 70.6 Å². The summed E-state index contributed by atoms with van der Waals surface area (Å²) >= 11 is 0. The summed E-state index contributed by atoms with van der Waals surface area (Å²) in [5.74, 6) is 0.301. The largest absolute Gasteiger partial charge is 0.267 e. The summed E-state index contributed by atoms with van der Waals surface area (Å²) < 4.78 is 57.8. The Kier molecular flexibility index (Phi) is 7.73. The van der Waals surface area contributed by atoms with E-state index < -0.39 is 32.4 Å². The predicted octanol–water partition coefficient (Wildman–Crippen LogP) is 3.23. The lowest BCUT2D eigenvalue weighted by Crippen LogP contribution is -2.37. The highest BCUT2D eigenvalue weighted by Crippen LogP contribution is 2.36. The molecule has 2 atom stereocenters. The van der Waals surface area contributed by atoms with Crippen molar-refractivity contribution in [2.45, 2.75) is 82.8 Å². The van der Waals surface area contributed by atoms with Crippen molar-refractivity contribution in [1.29, 1.82) is 0 Å². The second-order valence-electron chi connectivity index (χ2n) is 7.71. The van der Waals surface area contributed by atoms with Crippen LogP contribution in [0.5, 0.6) is 0 Å². The first kappa shape index (κ1) is 21.1. The molecule has 6 nitrogen and oxygen atoms in total. The minimum Gasteiger partial charge on any atom is -0.267 e. The molecule has 25 heavy (non-hydrogen) atoms. The standard InChI is InChI=1S/C17H32O6S2/c1-24(18,19)22-16(14-9-5-3-6-10-14)13-17(23-25(2,20)21)15-11-7-4-8-12-15/h14-17H,3-13H2,1-2H3/t16-,17-/m0/s1. The summed E-state index contributed by atoms with van der Waals surface area (Å²) in [7, 11) is -7.20. The third-order valence-electron chi connectivity index (χ3n) is 5.41. The van der Waals surface area contributed by atoms with Crippen LogP contribution in [0.3, 0.4) is 0 Å². The Labute approximate surface area is 152 Å². The van der Waals surface area contributed by atoms with Crippen molar-refractivity contribution in [1.82, 2.24) is 0 Å². The monoisotopic (exact) mass is 396 g/mol. The Morgan fingerprint density at radius 2 is 1.00 bits per heavy atom. The van der Waals surface area contributed by atoms with Crippen molar-refractivity contribution in [3.8, 4) is 0 Å². The molecule has 0 bridgehead atoms. The van der Waals surface area contributed by atoms with Gasteiger partial charge >= 0.3 is 0 Å². The van der Waals surface area contributed by atoms with Crippen LogP contribution >= 0.6 is 0 Å². The van der Waals surface area contributed by atoms with Gasteiger partial charge in [-0.1, -0.05) is 38.5 Å². The molecular weight excluding hydrogens is 364 g/mol. The van der Waals surface area contributed by atoms with E-state index in [9.17, 15) is 16.8 Å². The number of hydrogen-bond acceptors (Lipinski definition) is 6. The fourth-order valence-corrected chi connectivity index (χ4v) is 5.68. The molecule has 2 saturated carbocycles. The van der Waals surface area contributed by atoms with Crippen LogP contribution in [0.4, 0.5) is 0 Å². The number of rotatable bonds is 8. The zero-order chi connectivity index (χ0) is 18.5. The van der Waals surface area contributed by atoms with Crippen LogP contribution in [-0.4, -0.2) is 41.6 Å². The smallest absolute Gasteiger partial charge is 0.264 e. The van der Waals surface area contributed by atoms with Crippen molar-refractivity contribution in [2.75, 3.05) is 12.5 Å². The molecule has 148 valence electrons. The van der Waals surface area contributed by atoms with Gasteiger partial charge in [0.1, 0.15) is 0 Å². The van der Waals surface area contributed by atoms with Crippen molar-refractivity contribution >= 4 is 20.2 Å². The third kappa shape index (κ3) is 7.93. The summed E-state index contributed by atoms with van der Waals surface area (Å²) in [6.45, 7) is 0. The van der Waals surface area contributed by atoms with E-state index in [2.05, 4.69) is 0 Å². The SMILES string of the molecule is CS(=O)(=O)O[C@@H](C[C@H](OS(C)(=O)=O)C1CCCCC1)C1CCCCC1. The molecule has 0 heterocycles. The average Bonchev–Trinajstić information content (AvgIpc) is 2.53. The third-order valence-corrected chi connectivity index (χ3v) is 6.61. The molecule has 0 N–H and O–H groups in total. The molecule has 2 rings (SSSR count). The van der Waals surface area contributed by atoms with Crippen LogP contribution in [0.25, 0.3) is 0 Å². The van der Waals surface area contributed by atoms with Gasteiger partial charge in [-0.15, -0.1) is 0 Å². The van der Waals surface area contributed by atoms with Gasteiger partial charge in [-0.05, 0) is 37.5 Å². The number of hydrogen-bond donors (Lipinski definition) is 0. The van der Waals surface area contributed by atoms with Crippen LogP contribution in [0.2, 0.25) is 0 Å². The van der Waals surface area contributed by atoms with E-state index in [1.807, 2.05) is 0 Å². The maximum atomic E-state index is 11.7. The maximum absolute atomic E-state index is 11.7. The van der Waals surface area contributed by atoms with Gasteiger partial charge in [0, 0.05) is 6.42 Å². The summed E-state index contributed by atoms with van der Waals surface area (Å²) in [6, 6.07) is 0. The Morgan fingerprint density at radius 1 is 0.680 bits per heavy atom. The molecular formula is C17H32O6S2. The lowest BCUT2D eigenvalue weighted by atomic mass is 9.79. The zero-order valence-corrected chi connectivity index (χ0v) is 17.0. The maximum Gasteiger partial charge on any atom is 0.264 e. The van der Waals surface area contributed by atoms with Crippen LogP contribution < -0.4 is 0 Å². The van der Waals surface area contributed by atoms with Gasteiger partial charge in [0.25, 0.3) is 20.2 Å². The van der Waals surface area contributed by atoms with E-state index in [4.69, 9.17) is 8.37 Å². The van der Waals surface area contributed by atoms with Crippen molar-refractivity contribution in [3.63, 3.8) is 0 Å². The van der Waals surface area contributed by atoms with E-state index in [1.54, 1.807) is 0 Å². The molecule has 0 aromatic rings. The summed E-state index contributed by atoms with van der Waals surface area (Å²) in [5.41, 5.74) is 0. The van der Waals surface area contributed by atoms with E-state index in [1.165, 1.54) is 0 Å². The van der Waals surface area contributed by atoms with Gasteiger partial charge in [0.2, 0.25) is 0 Å². The van der Waals surface area contributed by atoms with Gasteiger partial charge in [-0.3, -0.25) is 8.37 Å². The average molecular weight is 397 g/mol. The van der Waals surface area contributed by atoms with Crippen molar-refractivity contribution < 1.29 is 25.2 Å². The second kappa shape index (κ2) is 9.15. The van der Waals surface area contributed by atoms with Crippen LogP contribution in [-0.2, 0) is 28.6 Å². The first-order chi connectivity index (χ1) is 11.6. The van der Waals surface area contributed by atoms with Gasteiger partial charge in [0.05, 0.1) is 24.7 Å². The quantitative estimate of drug-likeness (QED) is 0.586. The zero-order valence-electron chi connectivity index (χ0n) is 15.4. The van der Waals surface area contributed by atoms with Gasteiger partial charge in [-0.25, -0.2) is 0 Å². The van der Waals surface area contributed by atoms with Crippen LogP contribution in [0, 0.1) is 11.8 Å². The normalized spacial score (nSPS) is 24.1. The van der Waals surface area contributed by atoms with Crippen LogP contribution in [0.15, 0.2) is 0 Å². The molecule has 0 aromatic heterocycles. The molecule has 2 aliphatic rings. The second-order valence-corrected chi connectivity index (χ2v) is 10.9. The highest BCUT2D eigenvalue weighted by molar-refractivity contribution is 7.86. The predicted molar refractivity (Wildman–Crippen MR) is 97.2 cm³/mol. The summed E-state index contributed by atoms with van der Waals surface area (Å²) in [6.07, 6.45) is 11.8. The molecule has 0 aromatic carbocycles. The van der Waals surface area contributed by atoms with E-state index in [-0.39, 0.29) is 11.8 Å². The van der Waals surface area contributed by atoms with Crippen molar-refractivity contribution in [3.05, 3.63) is 0 Å². The van der Waals surface area contributed by atoms with Gasteiger partial charge in [-0.2, -0.15) is 16.8 Å². The topological polar surface area (TPSA) is 86.7 Å². The fourth-order valence-electron chi connectivity index (χ4n) is 4.31.